The van der Waals surface area contributed by atoms with E-state index in [2.05, 4.69) is 5.32 Å². The second-order valence-electron chi connectivity index (χ2n) is 8.86. The summed E-state index contributed by atoms with van der Waals surface area (Å²) in [5.41, 5.74) is 6.95. The van der Waals surface area contributed by atoms with E-state index in [0.717, 1.165) is 36.9 Å². The number of benzene rings is 1. The number of amides is 2. The van der Waals surface area contributed by atoms with Gasteiger partial charge in [0.2, 0.25) is 5.91 Å². The minimum absolute atomic E-state index is 0.0920. The fourth-order valence-corrected chi connectivity index (χ4v) is 4.34. The molecule has 0 bridgehead atoms. The van der Waals surface area contributed by atoms with E-state index in [9.17, 15) is 18.4 Å². The van der Waals surface area contributed by atoms with Gasteiger partial charge in [0.25, 0.3) is 11.8 Å². The largest absolute Gasteiger partial charge is 0.370 e. The van der Waals surface area contributed by atoms with Crippen LogP contribution in [-0.4, -0.2) is 36.4 Å². The second kappa shape index (κ2) is 6.71. The van der Waals surface area contributed by atoms with Crippen LogP contribution in [0.5, 0.6) is 0 Å². The third-order valence-corrected chi connectivity index (χ3v) is 6.24. The quantitative estimate of drug-likeness (QED) is 0.750. The standard InChI is InChI=1S/C21H27F2N3O2/c1-20(11-18(24)27,15-5-6-15)25-19(28)14-4-7-16(13-2-3-13)17(10-14)26-9-8-21(22,23)12-26/h4,7,10,13,15H,2-3,5-6,8-9,11-12H2,1H3,(H2,24,27)(H,25,28)/t20-/m0/s1. The smallest absolute Gasteiger partial charge is 0.266 e. The van der Waals surface area contributed by atoms with Gasteiger partial charge in [0.15, 0.2) is 0 Å². The van der Waals surface area contributed by atoms with E-state index in [1.54, 1.807) is 17.0 Å². The van der Waals surface area contributed by atoms with Crippen LogP contribution in [0.2, 0.25) is 0 Å². The van der Waals surface area contributed by atoms with Gasteiger partial charge >= 0.3 is 0 Å². The summed E-state index contributed by atoms with van der Waals surface area (Å²) in [5.74, 6) is -2.78. The summed E-state index contributed by atoms with van der Waals surface area (Å²) in [6.45, 7) is 1.84. The molecule has 1 aliphatic heterocycles. The number of rotatable bonds is 7. The van der Waals surface area contributed by atoms with E-state index in [0.29, 0.717) is 18.0 Å². The van der Waals surface area contributed by atoms with Gasteiger partial charge in [-0.15, -0.1) is 0 Å². The second-order valence-corrected chi connectivity index (χ2v) is 8.86. The molecule has 3 aliphatic rings. The monoisotopic (exact) mass is 391 g/mol. The van der Waals surface area contributed by atoms with Crippen LogP contribution in [0.3, 0.4) is 0 Å². The topological polar surface area (TPSA) is 75.4 Å². The average molecular weight is 391 g/mol. The highest BCUT2D eigenvalue weighted by Crippen LogP contribution is 2.46. The molecule has 152 valence electrons. The summed E-state index contributed by atoms with van der Waals surface area (Å²) < 4.78 is 27.5. The molecular formula is C21H27F2N3O2. The first-order valence-corrected chi connectivity index (χ1v) is 10.0. The van der Waals surface area contributed by atoms with Crippen molar-refractivity contribution in [2.75, 3.05) is 18.0 Å². The number of halogens is 2. The first-order chi connectivity index (χ1) is 13.2. The van der Waals surface area contributed by atoms with Gasteiger partial charge in [0, 0.05) is 36.2 Å². The maximum atomic E-state index is 13.8. The van der Waals surface area contributed by atoms with Gasteiger partial charge in [-0.3, -0.25) is 9.59 Å². The molecule has 3 N–H and O–H groups in total. The minimum atomic E-state index is -2.69. The molecule has 5 nitrogen and oxygen atoms in total. The molecule has 0 unspecified atom stereocenters. The number of nitrogens with one attached hydrogen (secondary N) is 1. The number of anilines is 1. The lowest BCUT2D eigenvalue weighted by Gasteiger charge is -2.30. The third kappa shape index (κ3) is 3.98. The number of primary amides is 1. The van der Waals surface area contributed by atoms with Crippen molar-refractivity contribution in [3.05, 3.63) is 29.3 Å². The molecule has 4 rings (SSSR count). The number of alkyl halides is 2. The van der Waals surface area contributed by atoms with Gasteiger partial charge in [0.1, 0.15) is 0 Å². The molecule has 2 saturated carbocycles. The highest BCUT2D eigenvalue weighted by Gasteiger charge is 2.44. The van der Waals surface area contributed by atoms with Crippen LogP contribution in [0.25, 0.3) is 0 Å². The van der Waals surface area contributed by atoms with Gasteiger partial charge in [-0.1, -0.05) is 6.07 Å². The summed E-state index contributed by atoms with van der Waals surface area (Å²) in [6.07, 6.45) is 3.96. The van der Waals surface area contributed by atoms with Gasteiger partial charge in [0.05, 0.1) is 6.54 Å². The molecule has 0 radical (unpaired) electrons. The molecule has 1 heterocycles. The molecule has 0 aromatic heterocycles. The van der Waals surface area contributed by atoms with E-state index < -0.39 is 17.4 Å². The van der Waals surface area contributed by atoms with E-state index in [4.69, 9.17) is 5.73 Å². The fraction of sp³-hybridized carbons (Fsp3) is 0.619. The van der Waals surface area contributed by atoms with Crippen LogP contribution in [-0.2, 0) is 4.79 Å². The molecule has 28 heavy (non-hydrogen) atoms. The predicted molar refractivity (Wildman–Crippen MR) is 103 cm³/mol. The Bertz CT molecular complexity index is 805. The Morgan fingerprint density at radius 2 is 2.00 bits per heavy atom. The first-order valence-electron chi connectivity index (χ1n) is 10.0. The molecule has 2 amide bonds. The van der Waals surface area contributed by atoms with Crippen molar-refractivity contribution in [2.45, 2.75) is 62.8 Å². The van der Waals surface area contributed by atoms with Crippen molar-refractivity contribution in [1.82, 2.24) is 5.32 Å². The molecule has 1 atom stereocenters. The number of hydrogen-bond acceptors (Lipinski definition) is 3. The average Bonchev–Trinajstić information content (AvgIpc) is 3.51. The third-order valence-electron chi connectivity index (χ3n) is 6.24. The summed E-state index contributed by atoms with van der Waals surface area (Å²) in [5, 5.41) is 2.99. The Morgan fingerprint density at radius 3 is 2.54 bits per heavy atom. The molecule has 3 fully saturated rings. The Hall–Kier alpha value is -2.18. The van der Waals surface area contributed by atoms with Crippen LogP contribution in [0.15, 0.2) is 18.2 Å². The number of nitrogens with two attached hydrogens (primary N) is 1. The number of hydrogen-bond donors (Lipinski definition) is 2. The normalized spacial score (nSPS) is 23.3. The van der Waals surface area contributed by atoms with Crippen molar-refractivity contribution < 1.29 is 18.4 Å². The molecule has 1 aromatic rings. The van der Waals surface area contributed by atoms with Crippen LogP contribution >= 0.6 is 0 Å². The predicted octanol–water partition coefficient (Wildman–Crippen LogP) is 3.18. The lowest BCUT2D eigenvalue weighted by Crippen LogP contribution is -2.50. The Morgan fingerprint density at radius 1 is 1.29 bits per heavy atom. The summed E-state index contributed by atoms with van der Waals surface area (Å²) in [6, 6.07) is 5.40. The summed E-state index contributed by atoms with van der Waals surface area (Å²) in [4.78, 5) is 26.1. The number of carbonyl (C=O) groups is 2. The maximum Gasteiger partial charge on any atom is 0.266 e. The highest BCUT2D eigenvalue weighted by atomic mass is 19.3. The maximum absolute atomic E-state index is 13.8. The Kier molecular flexibility index (Phi) is 4.59. The molecule has 2 aliphatic carbocycles. The Balaban J connectivity index is 1.58. The van der Waals surface area contributed by atoms with E-state index in [-0.39, 0.29) is 31.2 Å². The van der Waals surface area contributed by atoms with Crippen molar-refractivity contribution >= 4 is 17.5 Å². The van der Waals surface area contributed by atoms with E-state index in [1.807, 2.05) is 13.0 Å². The van der Waals surface area contributed by atoms with Gasteiger partial charge < -0.3 is 16.0 Å². The van der Waals surface area contributed by atoms with Crippen LogP contribution < -0.4 is 16.0 Å². The lowest BCUT2D eigenvalue weighted by atomic mass is 9.90. The summed E-state index contributed by atoms with van der Waals surface area (Å²) in [7, 11) is 0. The molecular weight excluding hydrogens is 364 g/mol. The molecule has 0 spiro atoms. The van der Waals surface area contributed by atoms with Crippen LogP contribution in [0.1, 0.15) is 67.3 Å². The highest BCUT2D eigenvalue weighted by molar-refractivity contribution is 5.96. The van der Waals surface area contributed by atoms with Crippen molar-refractivity contribution in [3.8, 4) is 0 Å². The minimum Gasteiger partial charge on any atom is -0.370 e. The van der Waals surface area contributed by atoms with Gasteiger partial charge in [-0.2, -0.15) is 0 Å². The van der Waals surface area contributed by atoms with Gasteiger partial charge in [-0.05, 0) is 62.1 Å². The van der Waals surface area contributed by atoms with E-state index in [1.165, 1.54) is 0 Å². The van der Waals surface area contributed by atoms with Crippen molar-refractivity contribution in [2.24, 2.45) is 11.7 Å². The molecule has 1 saturated heterocycles. The number of nitrogens with zero attached hydrogens (tertiary/aromatic N) is 1. The lowest BCUT2D eigenvalue weighted by molar-refractivity contribution is -0.119. The van der Waals surface area contributed by atoms with Crippen LogP contribution in [0, 0.1) is 5.92 Å². The summed E-state index contributed by atoms with van der Waals surface area (Å²) >= 11 is 0. The first kappa shape index (κ1) is 19.2. The SMILES string of the molecule is C[C@@](CC(N)=O)(NC(=O)c1ccc(C2CC2)c(N2CCC(F)(F)C2)c1)C1CC1. The fourth-order valence-electron chi connectivity index (χ4n) is 4.34. The van der Waals surface area contributed by atoms with Gasteiger partial charge in [-0.25, -0.2) is 8.78 Å². The molecule has 1 aromatic carbocycles. The Labute approximate surface area is 163 Å². The van der Waals surface area contributed by atoms with E-state index >= 15 is 0 Å². The zero-order chi connectivity index (χ0) is 20.1. The van der Waals surface area contributed by atoms with Crippen molar-refractivity contribution in [1.29, 1.82) is 0 Å². The molecule has 7 heteroatoms. The van der Waals surface area contributed by atoms with Crippen LogP contribution in [0.4, 0.5) is 14.5 Å². The van der Waals surface area contributed by atoms with Crippen molar-refractivity contribution in [3.63, 3.8) is 0 Å². The zero-order valence-electron chi connectivity index (χ0n) is 16.1. The zero-order valence-corrected chi connectivity index (χ0v) is 16.1. The number of carbonyl (C=O) groups excluding carboxylic acids is 2.